The van der Waals surface area contributed by atoms with Gasteiger partial charge in [-0.25, -0.2) is 9.97 Å². The molecule has 1 aromatic heterocycles. The topological polar surface area (TPSA) is 37.8 Å². The van der Waals surface area contributed by atoms with Crippen LogP contribution in [0.5, 0.6) is 0 Å². The largest absolute Gasteiger partial charge is 0.366 e. The van der Waals surface area contributed by atoms with E-state index in [9.17, 15) is 0 Å². The van der Waals surface area contributed by atoms with Gasteiger partial charge in [0.2, 0.25) is 0 Å². The first kappa shape index (κ1) is 7.98. The summed E-state index contributed by atoms with van der Waals surface area (Å²) in [6.45, 7) is 1.89. The van der Waals surface area contributed by atoms with Gasteiger partial charge in [-0.2, -0.15) is 0 Å². The smallest absolute Gasteiger partial charge is 0.144 e. The monoisotopic (exact) mass is 227 g/mol. The molecule has 1 aliphatic rings. The summed E-state index contributed by atoms with van der Waals surface area (Å²) in [5.74, 6) is 1.73. The fraction of sp³-hybridized carbons (Fsp3) is 0.500. The Kier molecular flexibility index (Phi) is 2.00. The van der Waals surface area contributed by atoms with Gasteiger partial charge in [0.25, 0.3) is 0 Å². The summed E-state index contributed by atoms with van der Waals surface area (Å²) in [6.07, 6.45) is 4.30. The fourth-order valence-electron chi connectivity index (χ4n) is 0.978. The Balaban J connectivity index is 2.21. The van der Waals surface area contributed by atoms with Crippen molar-refractivity contribution in [1.82, 2.24) is 9.97 Å². The SMILES string of the molecule is Cc1ncc(Br)c(NC2CC2)n1. The minimum atomic E-state index is 0.635. The van der Waals surface area contributed by atoms with Gasteiger partial charge in [-0.3, -0.25) is 0 Å². The Bertz CT molecular complexity index is 296. The average Bonchev–Trinajstić information content (AvgIpc) is 2.81. The Hall–Kier alpha value is -0.640. The molecule has 4 heteroatoms. The second-order valence-electron chi connectivity index (χ2n) is 3.03. The molecule has 1 saturated carbocycles. The van der Waals surface area contributed by atoms with E-state index in [2.05, 4.69) is 31.2 Å². The summed E-state index contributed by atoms with van der Waals surface area (Å²) in [7, 11) is 0. The third-order valence-electron chi connectivity index (χ3n) is 1.78. The van der Waals surface area contributed by atoms with Crippen LogP contribution in [0.15, 0.2) is 10.7 Å². The minimum Gasteiger partial charge on any atom is -0.366 e. The molecule has 0 atom stereocenters. The molecule has 1 fully saturated rings. The highest BCUT2D eigenvalue weighted by Gasteiger charge is 2.22. The van der Waals surface area contributed by atoms with Crippen molar-refractivity contribution in [3.05, 3.63) is 16.5 Å². The van der Waals surface area contributed by atoms with Gasteiger partial charge in [-0.1, -0.05) is 0 Å². The predicted molar refractivity (Wildman–Crippen MR) is 51.1 cm³/mol. The van der Waals surface area contributed by atoms with E-state index in [1.54, 1.807) is 6.20 Å². The van der Waals surface area contributed by atoms with Gasteiger partial charge < -0.3 is 5.32 Å². The maximum absolute atomic E-state index is 4.28. The summed E-state index contributed by atoms with van der Waals surface area (Å²) in [5.41, 5.74) is 0. The highest BCUT2D eigenvalue weighted by atomic mass is 79.9. The number of aryl methyl sites for hydroxylation is 1. The zero-order valence-corrected chi connectivity index (χ0v) is 8.43. The molecule has 1 aliphatic carbocycles. The van der Waals surface area contributed by atoms with Crippen LogP contribution >= 0.6 is 15.9 Å². The van der Waals surface area contributed by atoms with Crippen LogP contribution in [-0.4, -0.2) is 16.0 Å². The van der Waals surface area contributed by atoms with Gasteiger partial charge >= 0.3 is 0 Å². The second kappa shape index (κ2) is 3.01. The van der Waals surface area contributed by atoms with Gasteiger partial charge in [-0.05, 0) is 35.7 Å². The molecule has 0 aliphatic heterocycles. The lowest BCUT2D eigenvalue weighted by molar-refractivity contribution is 1.01. The van der Waals surface area contributed by atoms with Crippen molar-refractivity contribution in [2.75, 3.05) is 5.32 Å². The third-order valence-corrected chi connectivity index (χ3v) is 2.36. The van der Waals surface area contributed by atoms with Crippen molar-refractivity contribution in [3.8, 4) is 0 Å². The Morgan fingerprint density at radius 1 is 1.58 bits per heavy atom. The molecule has 0 aromatic carbocycles. The number of anilines is 1. The van der Waals surface area contributed by atoms with Crippen LogP contribution in [0, 0.1) is 6.92 Å². The summed E-state index contributed by atoms with van der Waals surface area (Å²) in [5, 5.41) is 3.33. The van der Waals surface area contributed by atoms with Gasteiger partial charge in [0, 0.05) is 12.2 Å². The van der Waals surface area contributed by atoms with Crippen LogP contribution < -0.4 is 5.32 Å². The maximum atomic E-state index is 4.28. The Morgan fingerprint density at radius 2 is 2.33 bits per heavy atom. The lowest BCUT2D eigenvalue weighted by Gasteiger charge is -2.05. The van der Waals surface area contributed by atoms with Crippen LogP contribution in [0.4, 0.5) is 5.82 Å². The molecule has 1 aromatic rings. The molecule has 12 heavy (non-hydrogen) atoms. The number of nitrogens with one attached hydrogen (secondary N) is 1. The summed E-state index contributed by atoms with van der Waals surface area (Å²) in [6, 6.07) is 0.635. The van der Waals surface area contributed by atoms with E-state index in [0.717, 1.165) is 16.1 Å². The van der Waals surface area contributed by atoms with Crippen LogP contribution in [0.25, 0.3) is 0 Å². The van der Waals surface area contributed by atoms with Crippen molar-refractivity contribution in [3.63, 3.8) is 0 Å². The summed E-state index contributed by atoms with van der Waals surface area (Å²) in [4.78, 5) is 8.35. The number of aromatic nitrogens is 2. The molecule has 64 valence electrons. The molecule has 0 radical (unpaired) electrons. The second-order valence-corrected chi connectivity index (χ2v) is 3.89. The van der Waals surface area contributed by atoms with E-state index in [1.165, 1.54) is 12.8 Å². The first-order valence-corrected chi connectivity index (χ1v) is 4.80. The molecular formula is C8H10BrN3. The predicted octanol–water partition coefficient (Wildman–Crippen LogP) is 2.12. The van der Waals surface area contributed by atoms with Crippen molar-refractivity contribution < 1.29 is 0 Å². The summed E-state index contributed by atoms with van der Waals surface area (Å²) >= 11 is 3.40. The molecule has 0 saturated heterocycles. The van der Waals surface area contributed by atoms with Gasteiger partial charge in [-0.15, -0.1) is 0 Å². The lowest BCUT2D eigenvalue weighted by Crippen LogP contribution is -2.05. The van der Waals surface area contributed by atoms with E-state index in [-0.39, 0.29) is 0 Å². The highest BCUT2D eigenvalue weighted by molar-refractivity contribution is 9.10. The Morgan fingerprint density at radius 3 is 3.00 bits per heavy atom. The first-order valence-electron chi connectivity index (χ1n) is 4.01. The number of halogens is 1. The van der Waals surface area contributed by atoms with Gasteiger partial charge in [0.05, 0.1) is 4.47 Å². The molecule has 0 bridgehead atoms. The van der Waals surface area contributed by atoms with Crippen molar-refractivity contribution in [1.29, 1.82) is 0 Å². The lowest BCUT2D eigenvalue weighted by atomic mass is 10.5. The molecule has 0 amide bonds. The zero-order valence-electron chi connectivity index (χ0n) is 6.84. The van der Waals surface area contributed by atoms with Crippen molar-refractivity contribution >= 4 is 21.7 Å². The Labute approximate surface area is 79.7 Å². The molecule has 2 rings (SSSR count). The number of hydrogen-bond acceptors (Lipinski definition) is 3. The molecule has 1 heterocycles. The quantitative estimate of drug-likeness (QED) is 0.842. The van der Waals surface area contributed by atoms with Crippen molar-refractivity contribution in [2.24, 2.45) is 0 Å². The molecule has 1 N–H and O–H groups in total. The average molecular weight is 228 g/mol. The number of hydrogen-bond donors (Lipinski definition) is 1. The van der Waals surface area contributed by atoms with Crippen LogP contribution in [0.3, 0.4) is 0 Å². The molecule has 0 unspecified atom stereocenters. The van der Waals surface area contributed by atoms with Gasteiger partial charge in [0.1, 0.15) is 11.6 Å². The van der Waals surface area contributed by atoms with Crippen LogP contribution in [0.2, 0.25) is 0 Å². The maximum Gasteiger partial charge on any atom is 0.144 e. The van der Waals surface area contributed by atoms with E-state index in [4.69, 9.17) is 0 Å². The fourth-order valence-corrected chi connectivity index (χ4v) is 1.28. The zero-order chi connectivity index (χ0) is 8.55. The van der Waals surface area contributed by atoms with Gasteiger partial charge in [0.15, 0.2) is 0 Å². The highest BCUT2D eigenvalue weighted by Crippen LogP contribution is 2.27. The summed E-state index contributed by atoms with van der Waals surface area (Å²) < 4.78 is 0.944. The third kappa shape index (κ3) is 1.75. The number of nitrogens with zero attached hydrogens (tertiary/aromatic N) is 2. The molecule has 0 spiro atoms. The van der Waals surface area contributed by atoms with Crippen molar-refractivity contribution in [2.45, 2.75) is 25.8 Å². The van der Waals surface area contributed by atoms with E-state index in [0.29, 0.717) is 6.04 Å². The number of rotatable bonds is 2. The molecule has 3 nitrogen and oxygen atoms in total. The minimum absolute atomic E-state index is 0.635. The van der Waals surface area contributed by atoms with Crippen LogP contribution in [-0.2, 0) is 0 Å². The van der Waals surface area contributed by atoms with E-state index >= 15 is 0 Å². The normalized spacial score (nSPS) is 16.2. The van der Waals surface area contributed by atoms with E-state index < -0.39 is 0 Å². The molecular weight excluding hydrogens is 218 g/mol. The standard InChI is InChI=1S/C8H10BrN3/c1-5-10-4-7(9)8(11-5)12-6-2-3-6/h4,6H,2-3H2,1H3,(H,10,11,12). The van der Waals surface area contributed by atoms with E-state index in [1.807, 2.05) is 6.92 Å². The first-order chi connectivity index (χ1) is 5.75. The van der Waals surface area contributed by atoms with Crippen LogP contribution in [0.1, 0.15) is 18.7 Å².